The fourth-order valence-electron chi connectivity index (χ4n) is 4.60. The summed E-state index contributed by atoms with van der Waals surface area (Å²) in [6.45, 7) is 5.97. The number of aryl methyl sites for hydroxylation is 1. The molecule has 4 aromatic rings. The maximum absolute atomic E-state index is 12.3. The summed E-state index contributed by atoms with van der Waals surface area (Å²) in [7, 11) is 0. The highest BCUT2D eigenvalue weighted by atomic mass is 16.5. The van der Waals surface area contributed by atoms with Gasteiger partial charge in [0.1, 0.15) is 11.6 Å². The van der Waals surface area contributed by atoms with Crippen molar-refractivity contribution in [3.63, 3.8) is 0 Å². The Kier molecular flexibility index (Phi) is 7.38. The van der Waals surface area contributed by atoms with Crippen LogP contribution in [0.5, 0.6) is 5.75 Å². The molecule has 1 aromatic heterocycles. The fourth-order valence-corrected chi connectivity index (χ4v) is 4.60. The lowest BCUT2D eigenvalue weighted by Crippen LogP contribution is -2.30. The summed E-state index contributed by atoms with van der Waals surface area (Å²) in [4.78, 5) is 14.7. The van der Waals surface area contributed by atoms with Gasteiger partial charge in [-0.3, -0.25) is 9.69 Å². The third-order valence-electron chi connectivity index (χ3n) is 6.54. The number of nitrogens with one attached hydrogen (secondary N) is 1. The van der Waals surface area contributed by atoms with Crippen LogP contribution in [0, 0.1) is 6.92 Å². The van der Waals surface area contributed by atoms with Gasteiger partial charge in [0.25, 0.3) is 5.91 Å². The van der Waals surface area contributed by atoms with E-state index in [0.717, 1.165) is 44.2 Å². The molecule has 1 amide bonds. The van der Waals surface area contributed by atoms with Gasteiger partial charge in [-0.15, -0.1) is 10.2 Å². The summed E-state index contributed by atoms with van der Waals surface area (Å²) in [6.07, 6.45) is 0.829. The highest BCUT2D eigenvalue weighted by molar-refractivity contribution is 5.77. The van der Waals surface area contributed by atoms with Crippen molar-refractivity contribution in [2.24, 2.45) is 0 Å². The second-order valence-electron chi connectivity index (χ2n) is 9.10. The first-order valence-electron chi connectivity index (χ1n) is 12.4. The van der Waals surface area contributed by atoms with Crippen LogP contribution in [0.4, 0.5) is 0 Å². The zero-order valence-corrected chi connectivity index (χ0v) is 20.6. The normalized spacial score (nSPS) is 13.6. The van der Waals surface area contributed by atoms with Gasteiger partial charge in [-0.25, -0.2) is 0 Å². The zero-order valence-electron chi connectivity index (χ0n) is 20.6. The van der Waals surface area contributed by atoms with E-state index in [1.807, 2.05) is 30.3 Å². The minimum absolute atomic E-state index is 0.0274. The molecule has 3 aromatic carbocycles. The van der Waals surface area contributed by atoms with E-state index in [2.05, 4.69) is 80.4 Å². The number of carbonyl (C=O) groups excluding carboxylic acids is 1. The Labute approximate surface area is 211 Å². The lowest BCUT2D eigenvalue weighted by molar-refractivity contribution is -0.123. The van der Waals surface area contributed by atoms with Gasteiger partial charge in [0.2, 0.25) is 0 Å². The van der Waals surface area contributed by atoms with Gasteiger partial charge < -0.3 is 14.6 Å². The lowest BCUT2D eigenvalue weighted by Gasteiger charge is -2.20. The Morgan fingerprint density at radius 1 is 0.944 bits per heavy atom. The Morgan fingerprint density at radius 3 is 2.64 bits per heavy atom. The molecule has 0 fully saturated rings. The van der Waals surface area contributed by atoms with Crippen LogP contribution < -0.4 is 10.1 Å². The van der Waals surface area contributed by atoms with E-state index < -0.39 is 0 Å². The first-order chi connectivity index (χ1) is 17.7. The number of para-hydroxylation sites is 1. The molecule has 0 aliphatic carbocycles. The predicted molar refractivity (Wildman–Crippen MR) is 139 cm³/mol. The smallest absolute Gasteiger partial charge is 0.258 e. The molecule has 0 saturated carbocycles. The molecule has 0 atom stereocenters. The maximum atomic E-state index is 12.3. The van der Waals surface area contributed by atoms with Gasteiger partial charge in [-0.2, -0.15) is 0 Å². The van der Waals surface area contributed by atoms with Crippen LogP contribution in [0.15, 0.2) is 78.9 Å². The topological polar surface area (TPSA) is 72.3 Å². The summed E-state index contributed by atoms with van der Waals surface area (Å²) in [5.41, 5.74) is 5.13. The van der Waals surface area contributed by atoms with Gasteiger partial charge >= 0.3 is 0 Å². The van der Waals surface area contributed by atoms with E-state index >= 15 is 0 Å². The third kappa shape index (κ3) is 5.80. The second-order valence-corrected chi connectivity index (χ2v) is 9.10. The van der Waals surface area contributed by atoms with Crippen molar-refractivity contribution in [1.82, 2.24) is 25.0 Å². The number of fused-ring (bicyclic) bond motifs is 1. The highest BCUT2D eigenvalue weighted by Crippen LogP contribution is 2.24. The summed E-state index contributed by atoms with van der Waals surface area (Å²) in [5.74, 6) is 2.24. The van der Waals surface area contributed by atoms with Crippen molar-refractivity contribution in [2.45, 2.75) is 33.0 Å². The average molecular weight is 482 g/mol. The standard InChI is InChI=1S/C29H31N5O2/c1-22-8-5-6-13-26(22)24-10-7-9-23(18-24)20-33-15-14-27-31-32-28(34(27)17-16-33)19-30-29(35)21-36-25-11-3-2-4-12-25/h2-13,18H,14-17,19-21H2,1H3,(H,30,35). The largest absolute Gasteiger partial charge is 0.484 e. The van der Waals surface area contributed by atoms with E-state index in [1.165, 1.54) is 22.3 Å². The first kappa shape index (κ1) is 23.8. The van der Waals surface area contributed by atoms with Crippen molar-refractivity contribution >= 4 is 5.91 Å². The van der Waals surface area contributed by atoms with Crippen LogP contribution in [0.3, 0.4) is 0 Å². The average Bonchev–Trinajstić information content (AvgIpc) is 3.19. The van der Waals surface area contributed by atoms with Crippen LogP contribution >= 0.6 is 0 Å². The van der Waals surface area contributed by atoms with Gasteiger partial charge in [0.05, 0.1) is 6.54 Å². The molecule has 1 aliphatic heterocycles. The van der Waals surface area contributed by atoms with Crippen molar-refractivity contribution in [2.75, 3.05) is 19.7 Å². The van der Waals surface area contributed by atoms with Gasteiger partial charge in [-0.1, -0.05) is 60.7 Å². The maximum Gasteiger partial charge on any atom is 0.258 e. The molecule has 36 heavy (non-hydrogen) atoms. The number of carbonyl (C=O) groups is 1. The number of nitrogens with zero attached hydrogens (tertiary/aromatic N) is 4. The van der Waals surface area contributed by atoms with Gasteiger partial charge in [-0.05, 0) is 47.4 Å². The van der Waals surface area contributed by atoms with Crippen molar-refractivity contribution < 1.29 is 9.53 Å². The third-order valence-corrected chi connectivity index (χ3v) is 6.54. The minimum Gasteiger partial charge on any atom is -0.484 e. The fraction of sp³-hybridized carbons (Fsp3) is 0.276. The van der Waals surface area contributed by atoms with E-state index in [9.17, 15) is 4.79 Å². The van der Waals surface area contributed by atoms with Crippen LogP contribution in [-0.2, 0) is 30.8 Å². The molecule has 1 aliphatic rings. The molecule has 0 saturated heterocycles. The highest BCUT2D eigenvalue weighted by Gasteiger charge is 2.19. The number of aromatic nitrogens is 3. The number of amides is 1. The summed E-state index contributed by atoms with van der Waals surface area (Å²) in [6, 6.07) is 26.7. The van der Waals surface area contributed by atoms with Gasteiger partial charge in [0.15, 0.2) is 12.4 Å². The minimum atomic E-state index is -0.181. The lowest BCUT2D eigenvalue weighted by atomic mass is 9.99. The molecular formula is C29H31N5O2. The molecule has 0 unspecified atom stereocenters. The number of rotatable bonds is 8. The molecule has 2 heterocycles. The summed E-state index contributed by atoms with van der Waals surface area (Å²) in [5, 5.41) is 11.6. The van der Waals surface area contributed by atoms with Crippen LogP contribution in [0.1, 0.15) is 22.8 Å². The van der Waals surface area contributed by atoms with E-state index in [-0.39, 0.29) is 12.5 Å². The van der Waals surface area contributed by atoms with E-state index in [1.54, 1.807) is 0 Å². The Morgan fingerprint density at radius 2 is 1.78 bits per heavy atom. The molecule has 0 spiro atoms. The first-order valence-corrected chi connectivity index (χ1v) is 12.4. The van der Waals surface area contributed by atoms with Crippen LogP contribution in [0.2, 0.25) is 0 Å². The molecule has 7 nitrogen and oxygen atoms in total. The predicted octanol–water partition coefficient (Wildman–Crippen LogP) is 4.01. The SMILES string of the molecule is Cc1ccccc1-c1cccc(CN2CCc3nnc(CNC(=O)COc4ccccc4)n3CC2)c1. The zero-order chi connectivity index (χ0) is 24.7. The molecule has 1 N–H and O–H groups in total. The number of hydrogen-bond donors (Lipinski definition) is 1. The molecule has 5 rings (SSSR count). The summed E-state index contributed by atoms with van der Waals surface area (Å²) >= 11 is 0. The van der Waals surface area contributed by atoms with E-state index in [4.69, 9.17) is 4.74 Å². The molecule has 7 heteroatoms. The van der Waals surface area contributed by atoms with Crippen LogP contribution in [-0.4, -0.2) is 45.3 Å². The van der Waals surface area contributed by atoms with Crippen molar-refractivity contribution in [3.05, 3.63) is 102 Å². The van der Waals surface area contributed by atoms with Gasteiger partial charge in [0, 0.05) is 32.6 Å². The monoisotopic (exact) mass is 481 g/mol. The number of hydrogen-bond acceptors (Lipinski definition) is 5. The Hall–Kier alpha value is -3.97. The molecule has 0 bridgehead atoms. The second kappa shape index (κ2) is 11.2. The Balaban J connectivity index is 1.16. The molecule has 0 radical (unpaired) electrons. The quantitative estimate of drug-likeness (QED) is 0.412. The van der Waals surface area contributed by atoms with Crippen LogP contribution in [0.25, 0.3) is 11.1 Å². The Bertz CT molecular complexity index is 1320. The number of ether oxygens (including phenoxy) is 1. The van der Waals surface area contributed by atoms with E-state index in [0.29, 0.717) is 12.3 Å². The van der Waals surface area contributed by atoms with Crippen molar-refractivity contribution in [1.29, 1.82) is 0 Å². The summed E-state index contributed by atoms with van der Waals surface area (Å²) < 4.78 is 7.66. The molecular weight excluding hydrogens is 450 g/mol. The molecule has 184 valence electrons. The number of benzene rings is 3. The van der Waals surface area contributed by atoms with Crippen molar-refractivity contribution in [3.8, 4) is 16.9 Å².